The van der Waals surface area contributed by atoms with Gasteiger partial charge in [-0.1, -0.05) is 24.3 Å². The summed E-state index contributed by atoms with van der Waals surface area (Å²) in [7, 11) is 0. The van der Waals surface area contributed by atoms with Crippen LogP contribution in [0.5, 0.6) is 0 Å². The number of piperazine rings is 1. The number of hydrogen-bond acceptors (Lipinski definition) is 3. The van der Waals surface area contributed by atoms with Crippen LogP contribution in [-0.2, 0) is 6.42 Å². The van der Waals surface area contributed by atoms with E-state index >= 15 is 0 Å². The second kappa shape index (κ2) is 5.73. The lowest BCUT2D eigenvalue weighted by molar-refractivity contribution is 0.181. The summed E-state index contributed by atoms with van der Waals surface area (Å²) in [6.45, 7) is 3.85. The van der Waals surface area contributed by atoms with E-state index in [-0.39, 0.29) is 6.04 Å². The van der Waals surface area contributed by atoms with Gasteiger partial charge in [-0.3, -0.25) is 4.90 Å². The van der Waals surface area contributed by atoms with Crippen molar-refractivity contribution < 1.29 is 0 Å². The van der Waals surface area contributed by atoms with E-state index in [1.54, 1.807) is 0 Å². The summed E-state index contributed by atoms with van der Waals surface area (Å²) in [5.41, 5.74) is 3.03. The first-order chi connectivity index (χ1) is 9.38. The van der Waals surface area contributed by atoms with Crippen molar-refractivity contribution in [1.29, 1.82) is 5.26 Å². The van der Waals surface area contributed by atoms with Crippen molar-refractivity contribution in [3.05, 3.63) is 35.4 Å². The molecule has 0 bridgehead atoms. The molecule has 1 aromatic rings. The van der Waals surface area contributed by atoms with Crippen molar-refractivity contribution in [2.45, 2.75) is 31.2 Å². The minimum atomic E-state index is 0.0443. The second-order valence-electron chi connectivity index (χ2n) is 5.63. The summed E-state index contributed by atoms with van der Waals surface area (Å²) in [5, 5.41) is 12.6. The molecule has 3 heteroatoms. The standard InChI is InChI=1S/C16H21N3/c17-10-15-11-18-8-9-19(15)12-14-6-3-5-13-4-1-2-7-16(13)14/h1-2,4,7,14-15,18H,3,5-6,8-9,11-12H2. The first kappa shape index (κ1) is 12.7. The van der Waals surface area contributed by atoms with Gasteiger partial charge in [-0.05, 0) is 36.3 Å². The highest BCUT2D eigenvalue weighted by Gasteiger charge is 2.27. The Hall–Kier alpha value is -1.37. The highest BCUT2D eigenvalue weighted by Crippen LogP contribution is 2.32. The second-order valence-corrected chi connectivity index (χ2v) is 5.63. The Morgan fingerprint density at radius 2 is 2.26 bits per heavy atom. The largest absolute Gasteiger partial charge is 0.313 e. The minimum absolute atomic E-state index is 0.0443. The van der Waals surface area contributed by atoms with Crippen molar-refractivity contribution in [2.75, 3.05) is 26.2 Å². The number of fused-ring (bicyclic) bond motifs is 1. The molecular formula is C16H21N3. The first-order valence-electron chi connectivity index (χ1n) is 7.30. The lowest BCUT2D eigenvalue weighted by Crippen LogP contribution is -2.51. The van der Waals surface area contributed by atoms with Gasteiger partial charge in [0.05, 0.1) is 6.07 Å². The Labute approximate surface area is 115 Å². The lowest BCUT2D eigenvalue weighted by atomic mass is 9.82. The van der Waals surface area contributed by atoms with E-state index < -0.39 is 0 Å². The maximum Gasteiger partial charge on any atom is 0.110 e. The summed E-state index contributed by atoms with van der Waals surface area (Å²) in [6.07, 6.45) is 3.76. The molecule has 0 amide bonds. The predicted molar refractivity (Wildman–Crippen MR) is 76.0 cm³/mol. The van der Waals surface area contributed by atoms with Crippen LogP contribution in [0, 0.1) is 11.3 Å². The number of aryl methyl sites for hydroxylation is 1. The summed E-state index contributed by atoms with van der Waals surface area (Å²) < 4.78 is 0. The quantitative estimate of drug-likeness (QED) is 0.877. The van der Waals surface area contributed by atoms with Crippen molar-refractivity contribution >= 4 is 0 Å². The zero-order valence-electron chi connectivity index (χ0n) is 11.3. The molecule has 1 saturated heterocycles. The fourth-order valence-corrected chi connectivity index (χ4v) is 3.42. The minimum Gasteiger partial charge on any atom is -0.313 e. The molecule has 0 aromatic heterocycles. The molecule has 3 nitrogen and oxygen atoms in total. The maximum absolute atomic E-state index is 9.25. The number of benzene rings is 1. The number of nitrogens with zero attached hydrogens (tertiary/aromatic N) is 2. The van der Waals surface area contributed by atoms with Crippen LogP contribution in [0.1, 0.15) is 29.9 Å². The lowest BCUT2D eigenvalue weighted by Gasteiger charge is -2.36. The fourth-order valence-electron chi connectivity index (χ4n) is 3.42. The van der Waals surface area contributed by atoms with Gasteiger partial charge in [0.15, 0.2) is 0 Å². The van der Waals surface area contributed by atoms with Crippen LogP contribution in [0.3, 0.4) is 0 Å². The van der Waals surface area contributed by atoms with Gasteiger partial charge in [-0.2, -0.15) is 5.26 Å². The highest BCUT2D eigenvalue weighted by molar-refractivity contribution is 5.33. The van der Waals surface area contributed by atoms with E-state index in [1.807, 2.05) is 0 Å². The molecule has 1 fully saturated rings. The molecule has 1 aromatic carbocycles. The molecule has 100 valence electrons. The molecule has 2 unspecified atom stereocenters. The number of nitriles is 1. The summed E-state index contributed by atoms with van der Waals surface area (Å²) in [6, 6.07) is 11.3. The topological polar surface area (TPSA) is 39.1 Å². The third kappa shape index (κ3) is 2.65. The van der Waals surface area contributed by atoms with Crippen LogP contribution in [-0.4, -0.2) is 37.1 Å². The summed E-state index contributed by atoms with van der Waals surface area (Å²) in [5.74, 6) is 0.610. The van der Waals surface area contributed by atoms with Crippen LogP contribution < -0.4 is 5.32 Å². The van der Waals surface area contributed by atoms with Gasteiger partial charge in [-0.15, -0.1) is 0 Å². The van der Waals surface area contributed by atoms with E-state index in [9.17, 15) is 5.26 Å². The van der Waals surface area contributed by atoms with Gasteiger partial charge in [0.2, 0.25) is 0 Å². The van der Waals surface area contributed by atoms with E-state index in [0.29, 0.717) is 5.92 Å². The molecular weight excluding hydrogens is 234 g/mol. The summed E-state index contributed by atoms with van der Waals surface area (Å²) >= 11 is 0. The molecule has 3 rings (SSSR count). The average Bonchev–Trinajstić information content (AvgIpc) is 2.48. The molecule has 19 heavy (non-hydrogen) atoms. The van der Waals surface area contributed by atoms with Crippen LogP contribution >= 0.6 is 0 Å². The SMILES string of the molecule is N#CC1CNCCN1CC1CCCc2ccccc21. The molecule has 2 aliphatic rings. The Morgan fingerprint density at radius 3 is 3.16 bits per heavy atom. The van der Waals surface area contributed by atoms with Gasteiger partial charge >= 0.3 is 0 Å². The van der Waals surface area contributed by atoms with Crippen molar-refractivity contribution in [1.82, 2.24) is 10.2 Å². The van der Waals surface area contributed by atoms with Crippen molar-refractivity contribution in [3.8, 4) is 6.07 Å². The third-order valence-corrected chi connectivity index (χ3v) is 4.45. The van der Waals surface area contributed by atoms with Crippen LogP contribution in [0.4, 0.5) is 0 Å². The molecule has 1 aliphatic heterocycles. The van der Waals surface area contributed by atoms with Gasteiger partial charge in [0.25, 0.3) is 0 Å². The van der Waals surface area contributed by atoms with E-state index in [4.69, 9.17) is 0 Å². The molecule has 0 radical (unpaired) electrons. The molecule has 0 saturated carbocycles. The zero-order valence-corrected chi connectivity index (χ0v) is 11.3. The van der Waals surface area contributed by atoms with Crippen LogP contribution in [0.15, 0.2) is 24.3 Å². The normalized spacial score (nSPS) is 27.5. The predicted octanol–water partition coefficient (Wildman–Crippen LogP) is 1.90. The first-order valence-corrected chi connectivity index (χ1v) is 7.30. The Bertz CT molecular complexity index is 477. The molecule has 0 spiro atoms. The smallest absolute Gasteiger partial charge is 0.110 e. The van der Waals surface area contributed by atoms with Crippen LogP contribution in [0.25, 0.3) is 0 Å². The van der Waals surface area contributed by atoms with E-state index in [2.05, 4.69) is 40.6 Å². The zero-order chi connectivity index (χ0) is 13.1. The van der Waals surface area contributed by atoms with Crippen molar-refractivity contribution in [2.24, 2.45) is 0 Å². The Morgan fingerprint density at radius 1 is 1.37 bits per heavy atom. The Kier molecular flexibility index (Phi) is 3.82. The summed E-state index contributed by atoms with van der Waals surface area (Å²) in [4.78, 5) is 2.36. The molecule has 1 N–H and O–H groups in total. The molecule has 2 atom stereocenters. The number of rotatable bonds is 2. The number of hydrogen-bond donors (Lipinski definition) is 1. The third-order valence-electron chi connectivity index (χ3n) is 4.45. The maximum atomic E-state index is 9.25. The van der Waals surface area contributed by atoms with Gasteiger partial charge in [-0.25, -0.2) is 0 Å². The molecule has 1 heterocycles. The number of nitrogens with one attached hydrogen (secondary N) is 1. The Balaban J connectivity index is 1.75. The van der Waals surface area contributed by atoms with E-state index in [0.717, 1.165) is 26.2 Å². The van der Waals surface area contributed by atoms with Crippen molar-refractivity contribution in [3.63, 3.8) is 0 Å². The monoisotopic (exact) mass is 255 g/mol. The average molecular weight is 255 g/mol. The fraction of sp³-hybridized carbons (Fsp3) is 0.562. The van der Waals surface area contributed by atoms with Gasteiger partial charge < -0.3 is 5.32 Å². The molecule has 1 aliphatic carbocycles. The van der Waals surface area contributed by atoms with E-state index in [1.165, 1.54) is 30.4 Å². The van der Waals surface area contributed by atoms with Gasteiger partial charge in [0.1, 0.15) is 6.04 Å². The highest BCUT2D eigenvalue weighted by atomic mass is 15.2. The van der Waals surface area contributed by atoms with Gasteiger partial charge in [0, 0.05) is 26.2 Å². The van der Waals surface area contributed by atoms with Crippen LogP contribution in [0.2, 0.25) is 0 Å².